The second-order valence-electron chi connectivity index (χ2n) is 7.90. The highest BCUT2D eigenvalue weighted by Gasteiger charge is 2.35. The van der Waals surface area contributed by atoms with Gasteiger partial charge in [-0.3, -0.25) is 14.5 Å². The Kier molecular flexibility index (Phi) is 5.26. The minimum absolute atomic E-state index is 0.0409. The van der Waals surface area contributed by atoms with E-state index in [9.17, 15) is 9.59 Å². The zero-order valence-electron chi connectivity index (χ0n) is 15.2. The van der Waals surface area contributed by atoms with E-state index in [0.717, 1.165) is 24.8 Å². The Hall–Kier alpha value is -2.10. The Morgan fingerprint density at radius 2 is 2.04 bits per heavy atom. The van der Waals surface area contributed by atoms with E-state index >= 15 is 0 Å². The molecule has 1 aromatic rings. The largest absolute Gasteiger partial charge is 0.440 e. The fourth-order valence-electron chi connectivity index (χ4n) is 3.49. The van der Waals surface area contributed by atoms with Gasteiger partial charge in [0, 0.05) is 6.42 Å². The average molecular weight is 341 g/mol. The molecule has 0 radical (unpaired) electrons. The van der Waals surface area contributed by atoms with Gasteiger partial charge in [-0.25, -0.2) is 0 Å². The fraction of sp³-hybridized carbons (Fsp3) is 0.524. The zero-order valence-corrected chi connectivity index (χ0v) is 15.2. The van der Waals surface area contributed by atoms with Crippen LogP contribution >= 0.6 is 0 Å². The van der Waals surface area contributed by atoms with Crippen LogP contribution in [0.5, 0.6) is 0 Å². The van der Waals surface area contributed by atoms with Crippen LogP contribution in [0.4, 0.5) is 0 Å². The number of hydrogen-bond donors (Lipinski definition) is 0. The van der Waals surface area contributed by atoms with Crippen LogP contribution in [-0.4, -0.2) is 29.5 Å². The number of hydrogen-bond acceptors (Lipinski definition) is 3. The second kappa shape index (κ2) is 7.42. The lowest BCUT2D eigenvalue weighted by molar-refractivity contribution is -0.143. The first-order valence-electron chi connectivity index (χ1n) is 9.14. The molecule has 134 valence electrons. The third-order valence-corrected chi connectivity index (χ3v) is 5.21. The van der Waals surface area contributed by atoms with Gasteiger partial charge in [-0.1, -0.05) is 55.8 Å². The number of rotatable bonds is 5. The highest BCUT2D eigenvalue weighted by Crippen LogP contribution is 2.36. The number of esters is 1. The van der Waals surface area contributed by atoms with E-state index in [-0.39, 0.29) is 18.4 Å². The Morgan fingerprint density at radius 3 is 2.72 bits per heavy atom. The predicted octanol–water partition coefficient (Wildman–Crippen LogP) is 3.86. The van der Waals surface area contributed by atoms with Gasteiger partial charge in [0.25, 0.3) is 0 Å². The Labute approximate surface area is 149 Å². The molecule has 0 spiro atoms. The van der Waals surface area contributed by atoms with E-state index in [4.69, 9.17) is 4.74 Å². The van der Waals surface area contributed by atoms with Crippen LogP contribution in [0.3, 0.4) is 0 Å². The standard InChI is InChI=1S/C21H27NO3/c1-21(2)12-10-16(11-13-21)8-9-19-22(15-20(24)25-19)18(23)14-17-6-4-3-5-7-17/h3-7,10,19H,8-9,11-15H2,1-2H3. The van der Waals surface area contributed by atoms with Crippen LogP contribution in [0.15, 0.2) is 42.0 Å². The van der Waals surface area contributed by atoms with E-state index in [1.54, 1.807) is 4.90 Å². The molecule has 1 amide bonds. The van der Waals surface area contributed by atoms with Crippen molar-refractivity contribution >= 4 is 11.9 Å². The molecule has 0 bridgehead atoms. The molecule has 2 aliphatic rings. The molecule has 1 unspecified atom stereocenters. The summed E-state index contributed by atoms with van der Waals surface area (Å²) in [7, 11) is 0. The summed E-state index contributed by atoms with van der Waals surface area (Å²) in [5, 5.41) is 0. The molecule has 1 aliphatic heterocycles. The number of nitrogens with zero attached hydrogens (tertiary/aromatic N) is 1. The molecule has 0 aromatic heterocycles. The number of carbonyl (C=O) groups is 2. The quantitative estimate of drug-likeness (QED) is 0.603. The number of benzene rings is 1. The molecule has 0 N–H and O–H groups in total. The Bertz CT molecular complexity index is 663. The maximum Gasteiger partial charge on any atom is 0.327 e. The molecule has 4 nitrogen and oxygen atoms in total. The second-order valence-corrected chi connectivity index (χ2v) is 7.90. The van der Waals surface area contributed by atoms with Crippen molar-refractivity contribution in [3.63, 3.8) is 0 Å². The number of allylic oxidation sites excluding steroid dienone is 2. The van der Waals surface area contributed by atoms with Crippen LogP contribution in [0.1, 0.15) is 51.5 Å². The van der Waals surface area contributed by atoms with Crippen LogP contribution in [0.2, 0.25) is 0 Å². The first-order chi connectivity index (χ1) is 11.9. The van der Waals surface area contributed by atoms with Crippen LogP contribution < -0.4 is 0 Å². The summed E-state index contributed by atoms with van der Waals surface area (Å²) < 4.78 is 5.40. The van der Waals surface area contributed by atoms with Crippen LogP contribution in [0, 0.1) is 5.41 Å². The zero-order chi connectivity index (χ0) is 17.9. The highest BCUT2D eigenvalue weighted by atomic mass is 16.6. The molecule has 1 aromatic carbocycles. The molecular formula is C21H27NO3. The van der Waals surface area contributed by atoms with Crippen molar-refractivity contribution in [2.75, 3.05) is 6.54 Å². The summed E-state index contributed by atoms with van der Waals surface area (Å²) in [6, 6.07) is 9.63. The lowest BCUT2D eigenvalue weighted by Crippen LogP contribution is -2.37. The summed E-state index contributed by atoms with van der Waals surface area (Å²) in [5.74, 6) is -0.342. The van der Waals surface area contributed by atoms with Gasteiger partial charge in [-0.15, -0.1) is 0 Å². The molecule has 1 saturated heterocycles. The van der Waals surface area contributed by atoms with Gasteiger partial charge in [0.05, 0.1) is 6.42 Å². The van der Waals surface area contributed by atoms with Crippen molar-refractivity contribution in [3.05, 3.63) is 47.5 Å². The van der Waals surface area contributed by atoms with Gasteiger partial charge in [-0.05, 0) is 36.7 Å². The first kappa shape index (κ1) is 17.7. The maximum atomic E-state index is 12.6. The Balaban J connectivity index is 1.57. The van der Waals surface area contributed by atoms with Gasteiger partial charge in [-0.2, -0.15) is 0 Å². The molecule has 3 rings (SSSR count). The summed E-state index contributed by atoms with van der Waals surface area (Å²) in [4.78, 5) is 25.9. The summed E-state index contributed by atoms with van der Waals surface area (Å²) in [6.07, 6.45) is 7.21. The van der Waals surface area contributed by atoms with Gasteiger partial charge >= 0.3 is 5.97 Å². The molecule has 25 heavy (non-hydrogen) atoms. The summed E-state index contributed by atoms with van der Waals surface area (Å²) >= 11 is 0. The van der Waals surface area contributed by atoms with E-state index in [0.29, 0.717) is 18.3 Å². The van der Waals surface area contributed by atoms with Crippen molar-refractivity contribution < 1.29 is 14.3 Å². The minimum atomic E-state index is -0.417. The number of carbonyl (C=O) groups excluding carboxylic acids is 2. The smallest absolute Gasteiger partial charge is 0.327 e. The van der Waals surface area contributed by atoms with Gasteiger partial charge < -0.3 is 4.74 Å². The van der Waals surface area contributed by atoms with Crippen LogP contribution in [-0.2, 0) is 20.7 Å². The van der Waals surface area contributed by atoms with E-state index in [1.165, 1.54) is 12.0 Å². The first-order valence-corrected chi connectivity index (χ1v) is 9.14. The summed E-state index contributed by atoms with van der Waals surface area (Å²) in [5.41, 5.74) is 2.78. The minimum Gasteiger partial charge on any atom is -0.440 e. The lowest BCUT2D eigenvalue weighted by atomic mass is 9.77. The summed E-state index contributed by atoms with van der Waals surface area (Å²) in [6.45, 7) is 4.66. The van der Waals surface area contributed by atoms with E-state index in [2.05, 4.69) is 19.9 Å². The number of cyclic esters (lactones) is 1. The van der Waals surface area contributed by atoms with Crippen molar-refractivity contribution in [3.8, 4) is 0 Å². The number of ether oxygens (including phenoxy) is 1. The fourth-order valence-corrected chi connectivity index (χ4v) is 3.49. The van der Waals surface area contributed by atoms with Gasteiger partial charge in [0.1, 0.15) is 6.54 Å². The predicted molar refractivity (Wildman–Crippen MR) is 96.7 cm³/mol. The third-order valence-electron chi connectivity index (χ3n) is 5.21. The lowest BCUT2D eigenvalue weighted by Gasteiger charge is -2.29. The van der Waals surface area contributed by atoms with E-state index < -0.39 is 6.23 Å². The molecule has 1 heterocycles. The van der Waals surface area contributed by atoms with Crippen molar-refractivity contribution in [1.82, 2.24) is 4.90 Å². The molecular weight excluding hydrogens is 314 g/mol. The van der Waals surface area contributed by atoms with Crippen molar-refractivity contribution in [2.24, 2.45) is 5.41 Å². The molecule has 4 heteroatoms. The maximum absolute atomic E-state index is 12.6. The number of amides is 1. The van der Waals surface area contributed by atoms with Gasteiger partial charge in [0.2, 0.25) is 5.91 Å². The molecule has 1 fully saturated rings. The van der Waals surface area contributed by atoms with Crippen LogP contribution in [0.25, 0.3) is 0 Å². The van der Waals surface area contributed by atoms with E-state index in [1.807, 2.05) is 30.3 Å². The van der Waals surface area contributed by atoms with Crippen molar-refractivity contribution in [1.29, 1.82) is 0 Å². The SMILES string of the molecule is CC1(C)CC=C(CCC2OC(=O)CN2C(=O)Cc2ccccc2)CC1. The van der Waals surface area contributed by atoms with Crippen molar-refractivity contribution in [2.45, 2.75) is 58.6 Å². The molecule has 0 saturated carbocycles. The topological polar surface area (TPSA) is 46.6 Å². The van der Waals surface area contributed by atoms with Gasteiger partial charge in [0.15, 0.2) is 6.23 Å². The monoisotopic (exact) mass is 341 g/mol. The normalized spacial score (nSPS) is 22.5. The Morgan fingerprint density at radius 1 is 1.28 bits per heavy atom. The molecule has 1 aliphatic carbocycles. The third kappa shape index (κ3) is 4.71. The molecule has 1 atom stereocenters. The highest BCUT2D eigenvalue weighted by molar-refractivity contribution is 5.86. The average Bonchev–Trinajstić information content (AvgIpc) is 2.96.